The van der Waals surface area contributed by atoms with Crippen LogP contribution in [0.15, 0.2) is 48.9 Å². The molecule has 0 aliphatic carbocycles. The first kappa shape index (κ1) is 13.0. The Morgan fingerprint density at radius 1 is 1.20 bits per heavy atom. The summed E-state index contributed by atoms with van der Waals surface area (Å²) < 4.78 is 1.82. The van der Waals surface area contributed by atoms with E-state index in [0.29, 0.717) is 26.9 Å². The molecule has 0 bridgehead atoms. The molecule has 1 aromatic carbocycles. The number of anilines is 1. The number of amides is 1. The van der Waals surface area contributed by atoms with Crippen LogP contribution in [0.3, 0.4) is 0 Å². The second-order valence-corrected chi connectivity index (χ2v) is 5.00. The number of carbonyl (C=O) groups is 1. The van der Waals surface area contributed by atoms with E-state index in [1.807, 2.05) is 16.7 Å². The number of nitrogens with one attached hydrogen (secondary N) is 1. The molecule has 0 spiro atoms. The third-order valence-electron chi connectivity index (χ3n) is 2.84. The molecule has 0 saturated heterocycles. The first-order chi connectivity index (χ1) is 9.65. The molecular weight excluding hydrogens is 297 g/mol. The Hall–Kier alpha value is -2.04. The van der Waals surface area contributed by atoms with Crippen molar-refractivity contribution in [3.63, 3.8) is 0 Å². The standard InChI is InChI=1S/C14H9Cl2N3O/c15-9-3-4-10(11(16)8-9)14(20)18-12-2-1-6-19-7-5-17-13(12)19/h1-8H,(H,18,20). The summed E-state index contributed by atoms with van der Waals surface area (Å²) in [6.07, 6.45) is 5.33. The van der Waals surface area contributed by atoms with Crippen molar-refractivity contribution in [2.75, 3.05) is 5.32 Å². The molecule has 0 aliphatic rings. The number of nitrogens with zero attached hydrogens (tertiary/aromatic N) is 2. The number of aromatic nitrogens is 2. The molecule has 2 aromatic heterocycles. The number of halogens is 2. The number of fused-ring (bicyclic) bond motifs is 1. The Morgan fingerprint density at radius 2 is 2.05 bits per heavy atom. The number of pyridine rings is 1. The van der Waals surface area contributed by atoms with Gasteiger partial charge in [-0.3, -0.25) is 4.79 Å². The Labute approximate surface area is 125 Å². The van der Waals surface area contributed by atoms with Gasteiger partial charge in [0, 0.05) is 23.6 Å². The minimum absolute atomic E-state index is 0.303. The highest BCUT2D eigenvalue weighted by Crippen LogP contribution is 2.23. The van der Waals surface area contributed by atoms with Gasteiger partial charge in [-0.25, -0.2) is 4.98 Å². The molecule has 2 heterocycles. The van der Waals surface area contributed by atoms with E-state index in [-0.39, 0.29) is 5.91 Å². The normalized spacial score (nSPS) is 10.7. The van der Waals surface area contributed by atoms with Gasteiger partial charge >= 0.3 is 0 Å². The fourth-order valence-corrected chi connectivity index (χ4v) is 2.40. The molecule has 0 aliphatic heterocycles. The highest BCUT2D eigenvalue weighted by atomic mass is 35.5. The smallest absolute Gasteiger partial charge is 0.257 e. The molecule has 1 amide bonds. The molecule has 4 nitrogen and oxygen atoms in total. The topological polar surface area (TPSA) is 46.4 Å². The Bertz CT molecular complexity index is 798. The van der Waals surface area contributed by atoms with E-state index in [0.717, 1.165) is 0 Å². The summed E-state index contributed by atoms with van der Waals surface area (Å²) in [6.45, 7) is 0. The van der Waals surface area contributed by atoms with Crippen molar-refractivity contribution in [2.45, 2.75) is 0 Å². The zero-order valence-electron chi connectivity index (χ0n) is 10.2. The van der Waals surface area contributed by atoms with Gasteiger partial charge in [-0.1, -0.05) is 23.2 Å². The minimum atomic E-state index is -0.303. The van der Waals surface area contributed by atoms with E-state index in [1.165, 1.54) is 6.07 Å². The second kappa shape index (κ2) is 5.15. The monoisotopic (exact) mass is 305 g/mol. The van der Waals surface area contributed by atoms with Gasteiger partial charge in [-0.2, -0.15) is 0 Å². The zero-order chi connectivity index (χ0) is 14.1. The van der Waals surface area contributed by atoms with Crippen LogP contribution >= 0.6 is 23.2 Å². The molecule has 3 rings (SSSR count). The lowest BCUT2D eigenvalue weighted by Crippen LogP contribution is -2.13. The molecule has 0 saturated carbocycles. The van der Waals surface area contributed by atoms with Crippen LogP contribution in [0.1, 0.15) is 10.4 Å². The quantitative estimate of drug-likeness (QED) is 0.780. The first-order valence-corrected chi connectivity index (χ1v) is 6.59. The average molecular weight is 306 g/mol. The number of hydrogen-bond donors (Lipinski definition) is 1. The molecule has 20 heavy (non-hydrogen) atoms. The van der Waals surface area contributed by atoms with E-state index in [4.69, 9.17) is 23.2 Å². The molecule has 0 unspecified atom stereocenters. The lowest BCUT2D eigenvalue weighted by Gasteiger charge is -2.08. The average Bonchev–Trinajstić information content (AvgIpc) is 2.87. The van der Waals surface area contributed by atoms with Crippen LogP contribution in [-0.4, -0.2) is 15.3 Å². The molecular formula is C14H9Cl2N3O. The SMILES string of the molecule is O=C(Nc1cccn2ccnc12)c1ccc(Cl)cc1Cl. The molecule has 3 aromatic rings. The summed E-state index contributed by atoms with van der Waals surface area (Å²) in [5, 5.41) is 3.60. The van der Waals surface area contributed by atoms with Crippen LogP contribution in [0.5, 0.6) is 0 Å². The van der Waals surface area contributed by atoms with Crippen molar-refractivity contribution >= 4 is 40.4 Å². The van der Waals surface area contributed by atoms with E-state index >= 15 is 0 Å². The first-order valence-electron chi connectivity index (χ1n) is 5.83. The maximum atomic E-state index is 12.2. The second-order valence-electron chi connectivity index (χ2n) is 4.16. The van der Waals surface area contributed by atoms with Crippen LogP contribution < -0.4 is 5.32 Å². The summed E-state index contributed by atoms with van der Waals surface area (Å²) in [5.41, 5.74) is 1.66. The number of rotatable bonds is 2. The van der Waals surface area contributed by atoms with Gasteiger partial charge in [-0.15, -0.1) is 0 Å². The maximum Gasteiger partial charge on any atom is 0.257 e. The predicted octanol–water partition coefficient (Wildman–Crippen LogP) is 3.89. The minimum Gasteiger partial charge on any atom is -0.319 e. The van der Waals surface area contributed by atoms with Gasteiger partial charge in [0.25, 0.3) is 5.91 Å². The van der Waals surface area contributed by atoms with E-state index in [9.17, 15) is 4.79 Å². The Balaban J connectivity index is 1.94. The van der Waals surface area contributed by atoms with Crippen LogP contribution in [0, 0.1) is 0 Å². The number of benzene rings is 1. The Morgan fingerprint density at radius 3 is 2.85 bits per heavy atom. The van der Waals surface area contributed by atoms with Gasteiger partial charge in [-0.05, 0) is 30.3 Å². The molecule has 0 radical (unpaired) electrons. The van der Waals surface area contributed by atoms with Crippen molar-refractivity contribution in [1.82, 2.24) is 9.38 Å². The fourth-order valence-electron chi connectivity index (χ4n) is 1.91. The van der Waals surface area contributed by atoms with E-state index in [1.54, 1.807) is 30.6 Å². The predicted molar refractivity (Wildman–Crippen MR) is 79.6 cm³/mol. The highest BCUT2D eigenvalue weighted by Gasteiger charge is 2.12. The van der Waals surface area contributed by atoms with Gasteiger partial charge in [0.1, 0.15) is 0 Å². The van der Waals surface area contributed by atoms with E-state index in [2.05, 4.69) is 10.3 Å². The highest BCUT2D eigenvalue weighted by molar-refractivity contribution is 6.37. The lowest BCUT2D eigenvalue weighted by molar-refractivity contribution is 0.102. The van der Waals surface area contributed by atoms with Crippen molar-refractivity contribution in [1.29, 1.82) is 0 Å². The molecule has 6 heteroatoms. The summed E-state index contributed by atoms with van der Waals surface area (Å²) in [6, 6.07) is 8.36. The number of imidazole rings is 1. The van der Waals surface area contributed by atoms with Crippen LogP contribution in [0.4, 0.5) is 5.69 Å². The molecule has 0 fully saturated rings. The molecule has 1 N–H and O–H groups in total. The largest absolute Gasteiger partial charge is 0.319 e. The third-order valence-corrected chi connectivity index (χ3v) is 3.39. The zero-order valence-corrected chi connectivity index (χ0v) is 11.7. The molecule has 100 valence electrons. The van der Waals surface area contributed by atoms with Crippen LogP contribution in [-0.2, 0) is 0 Å². The molecule has 0 atom stereocenters. The Kier molecular flexibility index (Phi) is 3.34. The van der Waals surface area contributed by atoms with Gasteiger partial charge in [0.2, 0.25) is 0 Å². The number of carbonyl (C=O) groups excluding carboxylic acids is 1. The third kappa shape index (κ3) is 2.35. The van der Waals surface area contributed by atoms with Crippen molar-refractivity contribution in [2.24, 2.45) is 0 Å². The van der Waals surface area contributed by atoms with Crippen LogP contribution in [0.25, 0.3) is 5.65 Å². The summed E-state index contributed by atoms with van der Waals surface area (Å²) in [7, 11) is 0. The van der Waals surface area contributed by atoms with Crippen molar-refractivity contribution in [3.05, 3.63) is 64.5 Å². The van der Waals surface area contributed by atoms with Crippen molar-refractivity contribution in [3.8, 4) is 0 Å². The fraction of sp³-hybridized carbons (Fsp3) is 0. The maximum absolute atomic E-state index is 12.2. The van der Waals surface area contributed by atoms with Gasteiger partial charge in [0.05, 0.1) is 16.3 Å². The number of hydrogen-bond acceptors (Lipinski definition) is 2. The van der Waals surface area contributed by atoms with Crippen LogP contribution in [0.2, 0.25) is 10.0 Å². The summed E-state index contributed by atoms with van der Waals surface area (Å²) in [5.74, 6) is -0.303. The van der Waals surface area contributed by atoms with E-state index < -0.39 is 0 Å². The van der Waals surface area contributed by atoms with Gasteiger partial charge < -0.3 is 9.72 Å². The van der Waals surface area contributed by atoms with Crippen molar-refractivity contribution < 1.29 is 4.79 Å². The lowest BCUT2D eigenvalue weighted by atomic mass is 10.2. The summed E-state index contributed by atoms with van der Waals surface area (Å²) >= 11 is 11.8. The van der Waals surface area contributed by atoms with Gasteiger partial charge in [0.15, 0.2) is 5.65 Å². The summed E-state index contributed by atoms with van der Waals surface area (Å²) in [4.78, 5) is 16.4.